The van der Waals surface area contributed by atoms with Crippen molar-refractivity contribution in [2.75, 3.05) is 12.4 Å². The number of fused-ring (bicyclic) bond motifs is 1. The number of nitrogens with zero attached hydrogens (tertiary/aromatic N) is 2. The van der Waals surface area contributed by atoms with Crippen molar-refractivity contribution in [3.8, 4) is 5.75 Å². The Balaban J connectivity index is 1.63. The van der Waals surface area contributed by atoms with Gasteiger partial charge >= 0.3 is 0 Å². The minimum absolute atomic E-state index is 0.0213. The number of methoxy groups -OCH3 is 1. The number of aryl methyl sites for hydroxylation is 3. The molecule has 0 atom stereocenters. The molecule has 0 saturated heterocycles. The van der Waals surface area contributed by atoms with E-state index in [0.717, 1.165) is 39.4 Å². The van der Waals surface area contributed by atoms with E-state index in [1.54, 1.807) is 7.11 Å². The van der Waals surface area contributed by atoms with Crippen molar-refractivity contribution < 1.29 is 9.53 Å². The van der Waals surface area contributed by atoms with Crippen LogP contribution in [-0.2, 0) is 11.2 Å². The van der Waals surface area contributed by atoms with Crippen molar-refractivity contribution in [1.82, 2.24) is 9.97 Å². The van der Waals surface area contributed by atoms with E-state index >= 15 is 0 Å². The van der Waals surface area contributed by atoms with Gasteiger partial charge in [0.05, 0.1) is 29.5 Å². The van der Waals surface area contributed by atoms with E-state index in [-0.39, 0.29) is 5.91 Å². The molecule has 0 aliphatic rings. The molecular weight excluding hydrogens is 314 g/mol. The smallest absolute Gasteiger partial charge is 0.224 e. The number of ether oxygens (including phenoxy) is 1. The zero-order valence-electron chi connectivity index (χ0n) is 14.7. The van der Waals surface area contributed by atoms with Crippen LogP contribution in [0.25, 0.3) is 11.0 Å². The van der Waals surface area contributed by atoms with Crippen LogP contribution in [0.15, 0.2) is 42.5 Å². The maximum absolute atomic E-state index is 12.2. The molecule has 128 valence electrons. The number of carbonyl (C=O) groups is 1. The Bertz CT molecular complexity index is 905. The molecule has 0 spiro atoms. The molecule has 3 rings (SSSR count). The Morgan fingerprint density at radius 2 is 1.68 bits per heavy atom. The molecule has 5 nitrogen and oxygen atoms in total. The highest BCUT2D eigenvalue weighted by atomic mass is 16.5. The number of anilines is 1. The molecule has 0 saturated carbocycles. The van der Waals surface area contributed by atoms with Crippen LogP contribution in [0, 0.1) is 13.8 Å². The fourth-order valence-corrected chi connectivity index (χ4v) is 2.58. The van der Waals surface area contributed by atoms with E-state index < -0.39 is 0 Å². The molecule has 0 radical (unpaired) electrons. The molecular formula is C20H21N3O2. The average molecular weight is 335 g/mol. The van der Waals surface area contributed by atoms with E-state index in [1.165, 1.54) is 0 Å². The van der Waals surface area contributed by atoms with Crippen LogP contribution in [0.1, 0.15) is 23.4 Å². The summed E-state index contributed by atoms with van der Waals surface area (Å²) in [4.78, 5) is 21.2. The van der Waals surface area contributed by atoms with Gasteiger partial charge in [0.1, 0.15) is 5.75 Å². The first-order valence-corrected chi connectivity index (χ1v) is 8.23. The molecule has 2 aromatic carbocycles. The van der Waals surface area contributed by atoms with E-state index in [2.05, 4.69) is 15.3 Å². The van der Waals surface area contributed by atoms with Gasteiger partial charge in [-0.05, 0) is 56.2 Å². The van der Waals surface area contributed by atoms with Crippen molar-refractivity contribution in [2.24, 2.45) is 0 Å². The summed E-state index contributed by atoms with van der Waals surface area (Å²) in [7, 11) is 1.64. The highest BCUT2D eigenvalue weighted by molar-refractivity contribution is 5.93. The van der Waals surface area contributed by atoms with Crippen LogP contribution in [0.4, 0.5) is 5.69 Å². The summed E-state index contributed by atoms with van der Waals surface area (Å²) in [6, 6.07) is 13.4. The van der Waals surface area contributed by atoms with Gasteiger partial charge in [0.25, 0.3) is 0 Å². The lowest BCUT2D eigenvalue weighted by Gasteiger charge is -2.08. The second-order valence-corrected chi connectivity index (χ2v) is 5.99. The van der Waals surface area contributed by atoms with Gasteiger partial charge in [-0.2, -0.15) is 0 Å². The molecule has 1 N–H and O–H groups in total. The highest BCUT2D eigenvalue weighted by Crippen LogP contribution is 2.18. The second-order valence-electron chi connectivity index (χ2n) is 5.99. The SMILES string of the molecule is COc1ccc(CCC(=O)Nc2ccc3nc(C)c(C)nc3c2)cc1. The molecule has 0 unspecified atom stereocenters. The molecule has 5 heteroatoms. The average Bonchev–Trinajstić information content (AvgIpc) is 2.61. The minimum Gasteiger partial charge on any atom is -0.497 e. The zero-order valence-corrected chi connectivity index (χ0v) is 14.7. The number of nitrogens with one attached hydrogen (secondary N) is 1. The van der Waals surface area contributed by atoms with Crippen LogP contribution in [-0.4, -0.2) is 23.0 Å². The Morgan fingerprint density at radius 1 is 1.00 bits per heavy atom. The van der Waals surface area contributed by atoms with Gasteiger partial charge < -0.3 is 10.1 Å². The Morgan fingerprint density at radius 3 is 2.36 bits per heavy atom. The Hall–Kier alpha value is -2.95. The van der Waals surface area contributed by atoms with Crippen LogP contribution >= 0.6 is 0 Å². The normalized spacial score (nSPS) is 10.7. The number of aromatic nitrogens is 2. The molecule has 25 heavy (non-hydrogen) atoms. The molecule has 1 amide bonds. The lowest BCUT2D eigenvalue weighted by molar-refractivity contribution is -0.116. The summed E-state index contributed by atoms with van der Waals surface area (Å²) < 4.78 is 5.13. The molecule has 0 aliphatic heterocycles. The van der Waals surface area contributed by atoms with E-state index in [0.29, 0.717) is 12.8 Å². The molecule has 0 fully saturated rings. The number of rotatable bonds is 5. The van der Waals surface area contributed by atoms with Crippen molar-refractivity contribution in [3.63, 3.8) is 0 Å². The third-order valence-electron chi connectivity index (χ3n) is 4.16. The van der Waals surface area contributed by atoms with Gasteiger partial charge in [0.2, 0.25) is 5.91 Å². The lowest BCUT2D eigenvalue weighted by atomic mass is 10.1. The maximum Gasteiger partial charge on any atom is 0.224 e. The van der Waals surface area contributed by atoms with E-state index in [1.807, 2.05) is 56.3 Å². The zero-order chi connectivity index (χ0) is 17.8. The monoisotopic (exact) mass is 335 g/mol. The number of hydrogen-bond donors (Lipinski definition) is 1. The first-order valence-electron chi connectivity index (χ1n) is 8.23. The molecule has 1 heterocycles. The predicted octanol–water partition coefficient (Wildman–Crippen LogP) is 3.83. The summed E-state index contributed by atoms with van der Waals surface area (Å²) in [5.41, 5.74) is 5.28. The second kappa shape index (κ2) is 7.30. The van der Waals surface area contributed by atoms with Crippen LogP contribution in [0.3, 0.4) is 0 Å². The van der Waals surface area contributed by atoms with Crippen LogP contribution in [0.2, 0.25) is 0 Å². The summed E-state index contributed by atoms with van der Waals surface area (Å²) in [6.45, 7) is 3.87. The standard InChI is InChI=1S/C20H21N3O2/c1-13-14(2)22-19-12-16(7-10-18(19)21-13)23-20(24)11-6-15-4-8-17(25-3)9-5-15/h4-5,7-10,12H,6,11H2,1-3H3,(H,23,24). The van der Waals surface area contributed by atoms with Gasteiger partial charge in [0, 0.05) is 12.1 Å². The summed E-state index contributed by atoms with van der Waals surface area (Å²) in [6.07, 6.45) is 1.10. The van der Waals surface area contributed by atoms with Crippen molar-refractivity contribution >= 4 is 22.6 Å². The number of amides is 1. The summed E-state index contributed by atoms with van der Waals surface area (Å²) in [5, 5.41) is 2.93. The fraction of sp³-hybridized carbons (Fsp3) is 0.250. The van der Waals surface area contributed by atoms with E-state index in [9.17, 15) is 4.79 Å². The predicted molar refractivity (Wildman–Crippen MR) is 99.0 cm³/mol. The first kappa shape index (κ1) is 16.9. The van der Waals surface area contributed by atoms with Gasteiger partial charge in [-0.25, -0.2) is 9.97 Å². The third-order valence-corrected chi connectivity index (χ3v) is 4.16. The van der Waals surface area contributed by atoms with Gasteiger partial charge in [-0.1, -0.05) is 12.1 Å². The molecule has 3 aromatic rings. The molecule has 0 bridgehead atoms. The number of benzene rings is 2. The van der Waals surface area contributed by atoms with Crippen LogP contribution < -0.4 is 10.1 Å². The van der Waals surface area contributed by atoms with Gasteiger partial charge in [-0.15, -0.1) is 0 Å². The van der Waals surface area contributed by atoms with Gasteiger partial charge in [-0.3, -0.25) is 4.79 Å². The molecule has 0 aliphatic carbocycles. The molecule has 1 aromatic heterocycles. The Labute approximate surface area is 147 Å². The number of hydrogen-bond acceptors (Lipinski definition) is 4. The summed E-state index contributed by atoms with van der Waals surface area (Å²) >= 11 is 0. The minimum atomic E-state index is -0.0213. The maximum atomic E-state index is 12.2. The topological polar surface area (TPSA) is 64.1 Å². The van der Waals surface area contributed by atoms with Crippen LogP contribution in [0.5, 0.6) is 5.75 Å². The quantitative estimate of drug-likeness (QED) is 0.770. The van der Waals surface area contributed by atoms with E-state index in [4.69, 9.17) is 4.74 Å². The highest BCUT2D eigenvalue weighted by Gasteiger charge is 2.06. The van der Waals surface area contributed by atoms with Crippen molar-refractivity contribution in [1.29, 1.82) is 0 Å². The Kier molecular flexibility index (Phi) is 4.93. The van der Waals surface area contributed by atoms with Crippen molar-refractivity contribution in [2.45, 2.75) is 26.7 Å². The van der Waals surface area contributed by atoms with Crippen molar-refractivity contribution in [3.05, 3.63) is 59.4 Å². The summed E-state index contributed by atoms with van der Waals surface area (Å²) in [5.74, 6) is 0.794. The largest absolute Gasteiger partial charge is 0.497 e. The fourth-order valence-electron chi connectivity index (χ4n) is 2.58. The number of carbonyl (C=O) groups excluding carboxylic acids is 1. The lowest BCUT2D eigenvalue weighted by Crippen LogP contribution is -2.12. The first-order chi connectivity index (χ1) is 12.0. The van der Waals surface area contributed by atoms with Gasteiger partial charge in [0.15, 0.2) is 0 Å². The third kappa shape index (κ3) is 4.12.